The summed E-state index contributed by atoms with van der Waals surface area (Å²) in [4.78, 5) is 11.8. The van der Waals surface area contributed by atoms with Crippen LogP contribution in [0.25, 0.3) is 11.1 Å². The highest BCUT2D eigenvalue weighted by Crippen LogP contribution is 2.41. The van der Waals surface area contributed by atoms with Crippen molar-refractivity contribution in [3.05, 3.63) is 53.6 Å². The maximum Gasteiger partial charge on any atom is 0.416 e. The highest BCUT2D eigenvalue weighted by molar-refractivity contribution is 5.90. The first kappa shape index (κ1) is 14.6. The Balaban J connectivity index is 1.98. The number of fused-ring (bicyclic) bond motifs is 1. The van der Waals surface area contributed by atoms with E-state index in [2.05, 4.69) is 0 Å². The second kappa shape index (κ2) is 4.60. The molecule has 0 unspecified atom stereocenters. The van der Waals surface area contributed by atoms with E-state index in [0.29, 0.717) is 16.9 Å². The van der Waals surface area contributed by atoms with Crippen molar-refractivity contribution in [1.29, 1.82) is 0 Å². The van der Waals surface area contributed by atoms with Gasteiger partial charge in [0, 0.05) is 5.56 Å². The number of alkyl halides is 3. The average Bonchev–Trinajstić information content (AvgIpc) is 2.68. The highest BCUT2D eigenvalue weighted by Gasteiger charge is 2.41. The minimum absolute atomic E-state index is 0.327. The van der Waals surface area contributed by atoms with Gasteiger partial charge < -0.3 is 4.74 Å². The number of rotatable bonds is 1. The zero-order chi connectivity index (χ0) is 16.1. The minimum atomic E-state index is -4.35. The molecule has 22 heavy (non-hydrogen) atoms. The van der Waals surface area contributed by atoms with Crippen LogP contribution in [0.15, 0.2) is 42.5 Å². The molecule has 0 saturated heterocycles. The summed E-state index contributed by atoms with van der Waals surface area (Å²) in [6.07, 6.45) is -4.35. The molecule has 0 amide bonds. The van der Waals surface area contributed by atoms with E-state index in [1.54, 1.807) is 32.0 Å². The quantitative estimate of drug-likeness (QED) is 0.570. The van der Waals surface area contributed by atoms with Crippen molar-refractivity contribution in [3.63, 3.8) is 0 Å². The zero-order valence-corrected chi connectivity index (χ0v) is 12.0. The van der Waals surface area contributed by atoms with E-state index in [1.807, 2.05) is 0 Å². The second-order valence-corrected chi connectivity index (χ2v) is 5.80. The van der Waals surface area contributed by atoms with E-state index in [-0.39, 0.29) is 5.97 Å². The van der Waals surface area contributed by atoms with Crippen LogP contribution in [0.2, 0.25) is 0 Å². The monoisotopic (exact) mass is 306 g/mol. The number of halogens is 3. The van der Waals surface area contributed by atoms with Gasteiger partial charge >= 0.3 is 12.1 Å². The Bertz CT molecular complexity index is 743. The van der Waals surface area contributed by atoms with Gasteiger partial charge in [0.1, 0.15) is 5.75 Å². The molecule has 0 atom stereocenters. The van der Waals surface area contributed by atoms with Gasteiger partial charge in [-0.3, -0.25) is 4.79 Å². The van der Waals surface area contributed by atoms with E-state index in [4.69, 9.17) is 4.74 Å². The minimum Gasteiger partial charge on any atom is -0.426 e. The van der Waals surface area contributed by atoms with E-state index in [0.717, 1.165) is 17.7 Å². The largest absolute Gasteiger partial charge is 0.426 e. The van der Waals surface area contributed by atoms with Crippen molar-refractivity contribution in [2.24, 2.45) is 0 Å². The molecule has 0 radical (unpaired) electrons. The summed E-state index contributed by atoms with van der Waals surface area (Å²) in [6.45, 7) is 3.55. The summed E-state index contributed by atoms with van der Waals surface area (Å²) < 4.78 is 43.0. The van der Waals surface area contributed by atoms with Crippen molar-refractivity contribution in [2.45, 2.75) is 25.4 Å². The molecular weight excluding hydrogens is 293 g/mol. The van der Waals surface area contributed by atoms with Crippen molar-refractivity contribution >= 4 is 5.97 Å². The number of benzene rings is 2. The molecule has 0 fully saturated rings. The predicted molar refractivity (Wildman–Crippen MR) is 75.5 cm³/mol. The Morgan fingerprint density at radius 2 is 1.55 bits per heavy atom. The molecule has 2 nitrogen and oxygen atoms in total. The molecular formula is C17H13F3O2. The van der Waals surface area contributed by atoms with Gasteiger partial charge in [0.05, 0.1) is 11.0 Å². The lowest BCUT2D eigenvalue weighted by molar-refractivity contribution is -0.138. The standard InChI is InChI=1S/C17H13F3O2/c1-16(2)13-8-5-11(9-14(13)22-15(16)21)10-3-6-12(7-4-10)17(18,19)20/h3-9H,1-2H3. The second-order valence-electron chi connectivity index (χ2n) is 5.80. The molecule has 1 aliphatic heterocycles. The fourth-order valence-corrected chi connectivity index (χ4v) is 2.49. The fourth-order valence-electron chi connectivity index (χ4n) is 2.49. The first-order valence-corrected chi connectivity index (χ1v) is 6.74. The molecule has 2 aromatic rings. The van der Waals surface area contributed by atoms with Crippen LogP contribution in [0, 0.1) is 0 Å². The topological polar surface area (TPSA) is 26.3 Å². The third kappa shape index (κ3) is 2.26. The number of carbonyl (C=O) groups excluding carboxylic acids is 1. The molecule has 2 aromatic carbocycles. The number of hydrogen-bond acceptors (Lipinski definition) is 2. The van der Waals surface area contributed by atoms with E-state index < -0.39 is 17.2 Å². The van der Waals surface area contributed by atoms with Gasteiger partial charge in [-0.15, -0.1) is 0 Å². The molecule has 0 spiro atoms. The van der Waals surface area contributed by atoms with E-state index >= 15 is 0 Å². The van der Waals surface area contributed by atoms with Gasteiger partial charge in [-0.2, -0.15) is 13.2 Å². The smallest absolute Gasteiger partial charge is 0.416 e. The molecule has 0 saturated carbocycles. The fraction of sp³-hybridized carbons (Fsp3) is 0.235. The zero-order valence-electron chi connectivity index (χ0n) is 12.0. The normalized spacial score (nSPS) is 16.3. The van der Waals surface area contributed by atoms with Crippen LogP contribution < -0.4 is 4.74 Å². The molecule has 3 rings (SSSR count). The van der Waals surface area contributed by atoms with E-state index in [1.165, 1.54) is 12.1 Å². The lowest BCUT2D eigenvalue weighted by Gasteiger charge is -2.13. The summed E-state index contributed by atoms with van der Waals surface area (Å²) in [7, 11) is 0. The van der Waals surface area contributed by atoms with Crippen LogP contribution in [0.4, 0.5) is 13.2 Å². The summed E-state index contributed by atoms with van der Waals surface area (Å²) >= 11 is 0. The Hall–Kier alpha value is -2.30. The van der Waals surface area contributed by atoms with Crippen molar-refractivity contribution in [3.8, 4) is 16.9 Å². The summed E-state index contributed by atoms with van der Waals surface area (Å²) in [5.74, 6) is 0.138. The van der Waals surface area contributed by atoms with Gasteiger partial charge in [-0.05, 0) is 43.2 Å². The number of hydrogen-bond donors (Lipinski definition) is 0. The molecule has 0 aromatic heterocycles. The first-order valence-electron chi connectivity index (χ1n) is 6.74. The number of esters is 1. The van der Waals surface area contributed by atoms with Crippen LogP contribution in [0.5, 0.6) is 5.75 Å². The highest BCUT2D eigenvalue weighted by atomic mass is 19.4. The van der Waals surface area contributed by atoms with E-state index in [9.17, 15) is 18.0 Å². The van der Waals surface area contributed by atoms with Crippen LogP contribution in [0.1, 0.15) is 25.0 Å². The molecule has 0 N–H and O–H groups in total. The summed E-state index contributed by atoms with van der Waals surface area (Å²) in [6, 6.07) is 10.2. The maximum absolute atomic E-state index is 12.6. The third-order valence-electron chi connectivity index (χ3n) is 3.91. The molecule has 0 aliphatic carbocycles. The van der Waals surface area contributed by atoms with Gasteiger partial charge in [0.25, 0.3) is 0 Å². The molecule has 0 bridgehead atoms. The van der Waals surface area contributed by atoms with Crippen molar-refractivity contribution in [1.82, 2.24) is 0 Å². The van der Waals surface area contributed by atoms with Gasteiger partial charge in [-0.25, -0.2) is 0 Å². The summed E-state index contributed by atoms with van der Waals surface area (Å²) in [5.41, 5.74) is 0.737. The Morgan fingerprint density at radius 3 is 2.14 bits per heavy atom. The molecule has 1 heterocycles. The predicted octanol–water partition coefficient (Wildman–Crippen LogP) is 4.57. The maximum atomic E-state index is 12.6. The summed E-state index contributed by atoms with van der Waals surface area (Å²) in [5, 5.41) is 0. The van der Waals surface area contributed by atoms with Crippen LogP contribution in [-0.2, 0) is 16.4 Å². The van der Waals surface area contributed by atoms with Crippen molar-refractivity contribution < 1.29 is 22.7 Å². The van der Waals surface area contributed by atoms with Crippen LogP contribution in [-0.4, -0.2) is 5.97 Å². The Morgan fingerprint density at radius 1 is 0.955 bits per heavy atom. The SMILES string of the molecule is CC1(C)C(=O)Oc2cc(-c3ccc(C(F)(F)F)cc3)ccc21. The first-order chi connectivity index (χ1) is 10.2. The molecule has 114 valence electrons. The lowest BCUT2D eigenvalue weighted by Crippen LogP contribution is -2.25. The van der Waals surface area contributed by atoms with Crippen molar-refractivity contribution in [2.75, 3.05) is 0 Å². The molecule has 5 heteroatoms. The Kier molecular flexibility index (Phi) is 3.06. The van der Waals surface area contributed by atoms with Gasteiger partial charge in [0.15, 0.2) is 0 Å². The van der Waals surface area contributed by atoms with Crippen LogP contribution >= 0.6 is 0 Å². The van der Waals surface area contributed by atoms with Gasteiger partial charge in [-0.1, -0.05) is 24.3 Å². The third-order valence-corrected chi connectivity index (χ3v) is 3.91. The molecule has 1 aliphatic rings. The van der Waals surface area contributed by atoms with Gasteiger partial charge in [0.2, 0.25) is 0 Å². The number of carbonyl (C=O) groups is 1. The Labute approximate surface area is 125 Å². The number of ether oxygens (including phenoxy) is 1. The van der Waals surface area contributed by atoms with Crippen LogP contribution in [0.3, 0.4) is 0 Å². The lowest BCUT2D eigenvalue weighted by atomic mass is 9.85. The average molecular weight is 306 g/mol.